The van der Waals surface area contributed by atoms with Gasteiger partial charge in [0.2, 0.25) is 11.8 Å². The molecule has 0 aliphatic heterocycles. The van der Waals surface area contributed by atoms with Crippen LogP contribution in [0.4, 0.5) is 5.69 Å². The lowest BCUT2D eigenvalue weighted by Gasteiger charge is -2.34. The molecule has 4 rings (SSSR count). The van der Waals surface area contributed by atoms with Gasteiger partial charge in [0.25, 0.3) is 10.0 Å². The van der Waals surface area contributed by atoms with E-state index in [1.54, 1.807) is 74.5 Å². The number of benzene rings is 4. The third-order valence-electron chi connectivity index (χ3n) is 6.96. The van der Waals surface area contributed by atoms with Crippen LogP contribution in [-0.4, -0.2) is 44.3 Å². The minimum Gasteiger partial charge on any atom is -0.355 e. The van der Waals surface area contributed by atoms with E-state index in [0.717, 1.165) is 9.87 Å². The Labute approximate surface area is 263 Å². The van der Waals surface area contributed by atoms with Gasteiger partial charge in [-0.25, -0.2) is 8.42 Å². The van der Waals surface area contributed by atoms with E-state index in [0.29, 0.717) is 33.4 Å². The number of aryl methyl sites for hydroxylation is 1. The molecular formula is C33H33Cl2N3O4S. The third-order valence-corrected chi connectivity index (χ3v) is 9.34. The van der Waals surface area contributed by atoms with Gasteiger partial charge >= 0.3 is 0 Å². The predicted molar refractivity (Wildman–Crippen MR) is 172 cm³/mol. The van der Waals surface area contributed by atoms with E-state index >= 15 is 0 Å². The first-order chi connectivity index (χ1) is 20.6. The second-order valence-electron chi connectivity index (χ2n) is 9.97. The fourth-order valence-corrected chi connectivity index (χ4v) is 6.71. The summed E-state index contributed by atoms with van der Waals surface area (Å²) in [5, 5.41) is 3.71. The zero-order valence-electron chi connectivity index (χ0n) is 23.9. The number of nitrogens with one attached hydrogen (secondary N) is 1. The average molecular weight is 639 g/mol. The Morgan fingerprint density at radius 1 is 0.860 bits per heavy atom. The van der Waals surface area contributed by atoms with Crippen LogP contribution in [-0.2, 0) is 32.6 Å². The van der Waals surface area contributed by atoms with Crippen LogP contribution in [0.25, 0.3) is 0 Å². The van der Waals surface area contributed by atoms with Crippen LogP contribution in [0.2, 0.25) is 10.0 Å². The molecule has 0 aliphatic carbocycles. The lowest BCUT2D eigenvalue weighted by Crippen LogP contribution is -2.53. The van der Waals surface area contributed by atoms with Crippen molar-refractivity contribution in [3.63, 3.8) is 0 Å². The summed E-state index contributed by atoms with van der Waals surface area (Å²) in [6.07, 6.45) is 0.217. The van der Waals surface area contributed by atoms with Gasteiger partial charge in [0, 0.05) is 29.6 Å². The molecule has 0 aromatic heterocycles. The summed E-state index contributed by atoms with van der Waals surface area (Å²) in [4.78, 5) is 29.4. The highest BCUT2D eigenvalue weighted by atomic mass is 35.5. The first-order valence-corrected chi connectivity index (χ1v) is 16.0. The standard InChI is InChI=1S/C33H33Cl2N3O4S/c1-3-36-33(40)31(21-25-12-6-4-7-13-25)37(22-26-14-10-11-17-29(26)35)32(39)23-38(30-19-18-27(34)20-24(30)2)43(41,42)28-15-8-5-9-16-28/h4-20,31H,3,21-23H2,1-2H3,(H,36,40). The van der Waals surface area contributed by atoms with Crippen molar-refractivity contribution < 1.29 is 18.0 Å². The number of halogens is 2. The number of anilines is 1. The van der Waals surface area contributed by atoms with E-state index in [9.17, 15) is 18.0 Å². The highest BCUT2D eigenvalue weighted by molar-refractivity contribution is 7.92. The molecule has 7 nitrogen and oxygen atoms in total. The van der Waals surface area contributed by atoms with Crippen molar-refractivity contribution in [1.82, 2.24) is 10.2 Å². The molecule has 0 saturated carbocycles. The zero-order valence-corrected chi connectivity index (χ0v) is 26.2. The maximum atomic E-state index is 14.4. The highest BCUT2D eigenvalue weighted by Crippen LogP contribution is 2.30. The molecule has 0 radical (unpaired) electrons. The molecule has 10 heteroatoms. The average Bonchev–Trinajstić information content (AvgIpc) is 3.00. The molecular weight excluding hydrogens is 605 g/mol. The van der Waals surface area contributed by atoms with Crippen molar-refractivity contribution in [2.24, 2.45) is 0 Å². The summed E-state index contributed by atoms with van der Waals surface area (Å²) in [7, 11) is -4.20. The number of carbonyl (C=O) groups excluding carboxylic acids is 2. The number of likely N-dealkylation sites (N-methyl/N-ethyl adjacent to an activating group) is 1. The summed E-state index contributed by atoms with van der Waals surface area (Å²) in [5.74, 6) is -0.923. The van der Waals surface area contributed by atoms with Gasteiger partial charge in [-0.15, -0.1) is 0 Å². The highest BCUT2D eigenvalue weighted by Gasteiger charge is 2.35. The van der Waals surface area contributed by atoms with Crippen molar-refractivity contribution in [2.75, 3.05) is 17.4 Å². The van der Waals surface area contributed by atoms with Crippen molar-refractivity contribution in [3.8, 4) is 0 Å². The smallest absolute Gasteiger partial charge is 0.264 e. The van der Waals surface area contributed by atoms with Crippen LogP contribution in [0.1, 0.15) is 23.6 Å². The van der Waals surface area contributed by atoms with Crippen LogP contribution >= 0.6 is 23.2 Å². The van der Waals surface area contributed by atoms with E-state index in [4.69, 9.17) is 23.2 Å². The Balaban J connectivity index is 1.82. The summed E-state index contributed by atoms with van der Waals surface area (Å²) >= 11 is 12.7. The summed E-state index contributed by atoms with van der Waals surface area (Å²) in [6.45, 7) is 3.32. The monoisotopic (exact) mass is 637 g/mol. The second kappa shape index (κ2) is 14.6. The van der Waals surface area contributed by atoms with Crippen LogP contribution < -0.4 is 9.62 Å². The maximum absolute atomic E-state index is 14.4. The molecule has 0 fully saturated rings. The van der Waals surface area contributed by atoms with E-state index < -0.39 is 28.5 Å². The summed E-state index contributed by atoms with van der Waals surface area (Å²) in [5.41, 5.74) is 2.34. The second-order valence-corrected chi connectivity index (χ2v) is 12.7. The topological polar surface area (TPSA) is 86.8 Å². The molecule has 0 saturated heterocycles. The Bertz CT molecular complexity index is 1670. The number of sulfonamides is 1. The number of carbonyl (C=O) groups is 2. The lowest BCUT2D eigenvalue weighted by molar-refractivity contribution is -0.140. The molecule has 0 aliphatic rings. The number of nitrogens with zero attached hydrogens (tertiary/aromatic N) is 2. The molecule has 4 aromatic carbocycles. The normalized spacial score (nSPS) is 11.9. The number of hydrogen-bond donors (Lipinski definition) is 1. The van der Waals surface area contributed by atoms with Crippen LogP contribution in [0.5, 0.6) is 0 Å². The van der Waals surface area contributed by atoms with Gasteiger partial charge in [0.05, 0.1) is 10.6 Å². The van der Waals surface area contributed by atoms with E-state index in [2.05, 4.69) is 5.32 Å². The molecule has 1 unspecified atom stereocenters. The Kier molecular flexibility index (Phi) is 10.9. The molecule has 0 heterocycles. The molecule has 4 aromatic rings. The van der Waals surface area contributed by atoms with E-state index in [-0.39, 0.29) is 23.8 Å². The van der Waals surface area contributed by atoms with Crippen molar-refractivity contribution >= 4 is 50.7 Å². The Morgan fingerprint density at radius 3 is 2.12 bits per heavy atom. The molecule has 1 N–H and O–H groups in total. The van der Waals surface area contributed by atoms with Gasteiger partial charge in [0.15, 0.2) is 0 Å². The number of rotatable bonds is 12. The van der Waals surface area contributed by atoms with Crippen LogP contribution in [0.3, 0.4) is 0 Å². The quantitative estimate of drug-likeness (QED) is 0.198. The maximum Gasteiger partial charge on any atom is 0.264 e. The molecule has 0 spiro atoms. The Morgan fingerprint density at radius 2 is 1.49 bits per heavy atom. The minimum atomic E-state index is -4.20. The SMILES string of the molecule is CCNC(=O)C(Cc1ccccc1)N(Cc1ccccc1Cl)C(=O)CN(c1ccc(Cl)cc1C)S(=O)(=O)c1ccccc1. The molecule has 2 amide bonds. The molecule has 0 bridgehead atoms. The first-order valence-electron chi connectivity index (χ1n) is 13.8. The molecule has 1 atom stereocenters. The Hall–Kier alpha value is -3.85. The van der Waals surface area contributed by atoms with E-state index in [1.165, 1.54) is 17.0 Å². The zero-order chi connectivity index (χ0) is 31.0. The van der Waals surface area contributed by atoms with Gasteiger partial charge < -0.3 is 10.2 Å². The summed E-state index contributed by atoms with van der Waals surface area (Å²) < 4.78 is 29.2. The largest absolute Gasteiger partial charge is 0.355 e. The third kappa shape index (κ3) is 7.96. The van der Waals surface area contributed by atoms with Gasteiger partial charge in [-0.05, 0) is 66.9 Å². The van der Waals surface area contributed by atoms with Crippen molar-refractivity contribution in [3.05, 3.63) is 130 Å². The first kappa shape index (κ1) is 32.1. The minimum absolute atomic E-state index is 0.00797. The van der Waals surface area contributed by atoms with Gasteiger partial charge in [-0.3, -0.25) is 13.9 Å². The number of hydrogen-bond acceptors (Lipinski definition) is 4. The van der Waals surface area contributed by atoms with Gasteiger partial charge in [0.1, 0.15) is 12.6 Å². The molecule has 43 heavy (non-hydrogen) atoms. The lowest BCUT2D eigenvalue weighted by atomic mass is 10.0. The van der Waals surface area contributed by atoms with Crippen LogP contribution in [0.15, 0.2) is 108 Å². The van der Waals surface area contributed by atoms with Crippen molar-refractivity contribution in [1.29, 1.82) is 0 Å². The van der Waals surface area contributed by atoms with Crippen LogP contribution in [0, 0.1) is 6.92 Å². The fraction of sp³-hybridized carbons (Fsp3) is 0.212. The van der Waals surface area contributed by atoms with Gasteiger partial charge in [-0.2, -0.15) is 0 Å². The van der Waals surface area contributed by atoms with E-state index in [1.807, 2.05) is 30.3 Å². The number of amides is 2. The fourth-order valence-electron chi connectivity index (χ4n) is 4.79. The van der Waals surface area contributed by atoms with Gasteiger partial charge in [-0.1, -0.05) is 89.9 Å². The molecule has 224 valence electrons. The van der Waals surface area contributed by atoms with Crippen molar-refractivity contribution in [2.45, 2.75) is 37.8 Å². The summed E-state index contributed by atoms with van der Waals surface area (Å²) in [6, 6.07) is 28.2. The predicted octanol–water partition coefficient (Wildman–Crippen LogP) is 6.27.